The quantitative estimate of drug-likeness (QED) is 0.274. The molecule has 0 aromatic rings. The van der Waals surface area contributed by atoms with Crippen molar-refractivity contribution in [2.45, 2.75) is 18.3 Å². The molecule has 0 fully saturated rings. The predicted molar refractivity (Wildman–Crippen MR) is 42.1 cm³/mol. The summed E-state index contributed by atoms with van der Waals surface area (Å²) in [5, 5.41) is 0. The molecule has 1 unspecified atom stereocenters. The van der Waals surface area contributed by atoms with Crippen LogP contribution in [0.4, 0.5) is 0 Å². The van der Waals surface area contributed by atoms with Crippen LogP contribution in [0.25, 0.3) is 0 Å². The average Bonchev–Trinajstić information content (AvgIpc) is 1.64. The van der Waals surface area contributed by atoms with Crippen molar-refractivity contribution in [3.63, 3.8) is 0 Å². The Bertz CT molecular complexity index is 132. The predicted octanol–water partition coefficient (Wildman–Crippen LogP) is 1.82. The Balaban J connectivity index is 3.73. The Hall–Kier alpha value is -0.550. The second-order valence-corrected chi connectivity index (χ2v) is 2.79. The molecule has 0 aliphatic heterocycles. The number of thiol groups is 1. The van der Waals surface area contributed by atoms with Gasteiger partial charge in [0.2, 0.25) is 0 Å². The largest absolute Gasteiger partial charge is 0.484 e. The summed E-state index contributed by atoms with van der Waals surface area (Å²) in [7, 11) is 0. The molecule has 0 radical (unpaired) electrons. The maximum Gasteiger partial charge on any atom is 0.159 e. The smallest absolute Gasteiger partial charge is 0.159 e. The monoisotopic (exact) mass is 142 g/mol. The number of rotatable bonds is 3. The minimum atomic E-state index is -0.559. The molecule has 0 aliphatic rings. The van der Waals surface area contributed by atoms with Crippen LogP contribution >= 0.6 is 12.6 Å². The molecule has 0 aliphatic carbocycles. The van der Waals surface area contributed by atoms with Crippen LogP contribution in [0.5, 0.6) is 0 Å². The van der Waals surface area contributed by atoms with Crippen molar-refractivity contribution < 1.29 is 4.74 Å². The van der Waals surface area contributed by atoms with Gasteiger partial charge in [-0.1, -0.05) is 6.58 Å². The highest BCUT2D eigenvalue weighted by Gasteiger charge is 2.16. The minimum Gasteiger partial charge on any atom is -0.484 e. The highest BCUT2D eigenvalue weighted by Crippen LogP contribution is 2.18. The van der Waals surface area contributed by atoms with Gasteiger partial charge in [0.25, 0.3) is 0 Å². The van der Waals surface area contributed by atoms with Gasteiger partial charge in [0.05, 0.1) is 12.7 Å². The molecule has 0 saturated heterocycles. The first-order valence-corrected chi connectivity index (χ1v) is 3.01. The van der Waals surface area contributed by atoms with E-state index >= 15 is 0 Å². The van der Waals surface area contributed by atoms with Crippen LogP contribution in [-0.4, -0.2) is 4.93 Å². The van der Waals surface area contributed by atoms with Crippen molar-refractivity contribution in [2.75, 3.05) is 0 Å². The van der Waals surface area contributed by atoms with Crippen LogP contribution in [0.1, 0.15) is 13.3 Å². The molecule has 0 aromatic heterocycles. The van der Waals surface area contributed by atoms with Crippen LogP contribution in [-0.2, 0) is 4.74 Å². The molecule has 0 aromatic carbocycles. The van der Waals surface area contributed by atoms with E-state index in [4.69, 9.17) is 11.2 Å². The first-order chi connectivity index (χ1) is 4.12. The van der Waals surface area contributed by atoms with Crippen molar-refractivity contribution in [1.82, 2.24) is 0 Å². The highest BCUT2D eigenvalue weighted by atomic mass is 32.1. The van der Waals surface area contributed by atoms with Crippen molar-refractivity contribution in [3.05, 3.63) is 12.8 Å². The Morgan fingerprint density at radius 2 is 2.56 bits per heavy atom. The fourth-order valence-corrected chi connectivity index (χ4v) is 0.576. The lowest BCUT2D eigenvalue weighted by atomic mass is 10.3. The standard InChI is InChI=1S/C7H10OS/c1-4-6-7(3,9)8-5-2/h1,5,9H,2,6H2,3H3. The summed E-state index contributed by atoms with van der Waals surface area (Å²) in [6.07, 6.45) is 6.84. The summed E-state index contributed by atoms with van der Waals surface area (Å²) in [5.41, 5.74) is 0. The van der Waals surface area contributed by atoms with Gasteiger partial charge in [0.1, 0.15) is 0 Å². The molecular formula is C7H10OS. The molecule has 50 valence electrons. The van der Waals surface area contributed by atoms with Crippen LogP contribution in [0.15, 0.2) is 12.8 Å². The highest BCUT2D eigenvalue weighted by molar-refractivity contribution is 7.81. The third kappa shape index (κ3) is 3.99. The summed E-state index contributed by atoms with van der Waals surface area (Å²) in [6.45, 7) is 5.18. The van der Waals surface area contributed by atoms with E-state index in [9.17, 15) is 0 Å². The van der Waals surface area contributed by atoms with E-state index in [0.717, 1.165) is 0 Å². The zero-order valence-corrected chi connectivity index (χ0v) is 6.32. The van der Waals surface area contributed by atoms with Gasteiger partial charge in [0, 0.05) is 0 Å². The van der Waals surface area contributed by atoms with E-state index in [1.165, 1.54) is 6.26 Å². The number of terminal acetylenes is 1. The average molecular weight is 142 g/mol. The zero-order chi connectivity index (χ0) is 7.33. The molecule has 0 N–H and O–H groups in total. The van der Waals surface area contributed by atoms with Gasteiger partial charge in [-0.15, -0.1) is 25.0 Å². The fraction of sp³-hybridized carbons (Fsp3) is 0.429. The summed E-state index contributed by atoms with van der Waals surface area (Å²) < 4.78 is 4.96. The van der Waals surface area contributed by atoms with Gasteiger partial charge in [0.15, 0.2) is 4.93 Å². The van der Waals surface area contributed by atoms with Crippen LogP contribution in [0.2, 0.25) is 0 Å². The summed E-state index contributed by atoms with van der Waals surface area (Å²) in [4.78, 5) is -0.559. The van der Waals surface area contributed by atoms with Crippen molar-refractivity contribution in [1.29, 1.82) is 0 Å². The third-order valence-electron chi connectivity index (χ3n) is 0.767. The molecule has 0 bridgehead atoms. The molecule has 0 rings (SSSR count). The molecular weight excluding hydrogens is 132 g/mol. The van der Waals surface area contributed by atoms with E-state index in [-0.39, 0.29) is 0 Å². The van der Waals surface area contributed by atoms with E-state index in [1.54, 1.807) is 6.92 Å². The summed E-state index contributed by atoms with van der Waals surface area (Å²) in [5.74, 6) is 2.44. The van der Waals surface area contributed by atoms with E-state index in [1.807, 2.05) is 0 Å². The zero-order valence-electron chi connectivity index (χ0n) is 5.42. The molecule has 0 amide bonds. The maximum absolute atomic E-state index is 5.03. The lowest BCUT2D eigenvalue weighted by molar-refractivity contribution is 0.136. The van der Waals surface area contributed by atoms with Gasteiger partial charge < -0.3 is 4.74 Å². The van der Waals surface area contributed by atoms with E-state index < -0.39 is 4.93 Å². The van der Waals surface area contributed by atoms with E-state index in [0.29, 0.717) is 6.42 Å². The number of hydrogen-bond donors (Lipinski definition) is 1. The second kappa shape index (κ2) is 3.47. The SMILES string of the molecule is C#CCC(C)(S)OC=C. The Morgan fingerprint density at radius 1 is 2.00 bits per heavy atom. The van der Waals surface area contributed by atoms with Crippen LogP contribution < -0.4 is 0 Å². The van der Waals surface area contributed by atoms with Crippen LogP contribution in [0, 0.1) is 12.3 Å². The first-order valence-electron chi connectivity index (χ1n) is 2.57. The van der Waals surface area contributed by atoms with Gasteiger partial charge in [-0.3, -0.25) is 0 Å². The Morgan fingerprint density at radius 3 is 2.89 bits per heavy atom. The fourth-order valence-electron chi connectivity index (χ4n) is 0.411. The van der Waals surface area contributed by atoms with Crippen molar-refractivity contribution >= 4 is 12.6 Å². The second-order valence-electron chi connectivity index (χ2n) is 1.84. The molecule has 9 heavy (non-hydrogen) atoms. The van der Waals surface area contributed by atoms with Gasteiger partial charge in [-0.05, 0) is 6.92 Å². The Kier molecular flexibility index (Phi) is 3.26. The molecule has 0 heterocycles. The minimum absolute atomic E-state index is 0.474. The molecule has 0 spiro atoms. The van der Waals surface area contributed by atoms with Gasteiger partial charge in [-0.25, -0.2) is 0 Å². The molecule has 1 nitrogen and oxygen atoms in total. The third-order valence-corrected chi connectivity index (χ3v) is 1.03. The van der Waals surface area contributed by atoms with Gasteiger partial charge in [-0.2, -0.15) is 0 Å². The molecule has 0 saturated carbocycles. The molecule has 1 atom stereocenters. The lowest BCUT2D eigenvalue weighted by Gasteiger charge is -2.19. The number of hydrogen-bond acceptors (Lipinski definition) is 2. The van der Waals surface area contributed by atoms with Gasteiger partial charge >= 0.3 is 0 Å². The number of ether oxygens (including phenoxy) is 1. The van der Waals surface area contributed by atoms with E-state index in [2.05, 4.69) is 25.1 Å². The van der Waals surface area contributed by atoms with Crippen molar-refractivity contribution in [3.8, 4) is 12.3 Å². The summed E-state index contributed by atoms with van der Waals surface area (Å²) in [6, 6.07) is 0. The first kappa shape index (κ1) is 8.45. The Labute approximate surface area is 61.5 Å². The van der Waals surface area contributed by atoms with Crippen molar-refractivity contribution in [2.24, 2.45) is 0 Å². The lowest BCUT2D eigenvalue weighted by Crippen LogP contribution is -2.16. The normalized spacial score (nSPS) is 15.2. The topological polar surface area (TPSA) is 9.23 Å². The summed E-state index contributed by atoms with van der Waals surface area (Å²) >= 11 is 4.11. The maximum atomic E-state index is 5.03. The molecule has 2 heteroatoms. The van der Waals surface area contributed by atoms with Crippen LogP contribution in [0.3, 0.4) is 0 Å².